The number of likely N-dealkylation sites (tertiary alicyclic amines) is 1. The first-order chi connectivity index (χ1) is 9.20. The van der Waals surface area contributed by atoms with Gasteiger partial charge >= 0.3 is 0 Å². The average molecular weight is 263 g/mol. The van der Waals surface area contributed by atoms with Gasteiger partial charge in [-0.25, -0.2) is 0 Å². The van der Waals surface area contributed by atoms with Crippen molar-refractivity contribution in [2.24, 2.45) is 0 Å². The van der Waals surface area contributed by atoms with Gasteiger partial charge in [-0.1, -0.05) is 6.07 Å². The van der Waals surface area contributed by atoms with Crippen LogP contribution >= 0.6 is 0 Å². The van der Waals surface area contributed by atoms with Crippen molar-refractivity contribution in [3.63, 3.8) is 0 Å². The van der Waals surface area contributed by atoms with Crippen molar-refractivity contribution < 1.29 is 19.1 Å². The van der Waals surface area contributed by atoms with Gasteiger partial charge in [-0.3, -0.25) is 14.5 Å². The molecule has 19 heavy (non-hydrogen) atoms. The minimum absolute atomic E-state index is 0.114. The molecular weight excluding hydrogens is 246 g/mol. The Bertz CT molecular complexity index is 456. The summed E-state index contributed by atoms with van der Waals surface area (Å²) in [4.78, 5) is 24.0. The van der Waals surface area contributed by atoms with Gasteiger partial charge in [0.25, 0.3) is 0 Å². The molecule has 0 N–H and O–H groups in total. The summed E-state index contributed by atoms with van der Waals surface area (Å²) in [6, 6.07) is 7.30. The topological polar surface area (TPSA) is 55.8 Å². The van der Waals surface area contributed by atoms with Crippen LogP contribution in [-0.4, -0.2) is 36.5 Å². The van der Waals surface area contributed by atoms with Crippen LogP contribution in [0.3, 0.4) is 0 Å². The van der Waals surface area contributed by atoms with E-state index in [9.17, 15) is 9.59 Å². The molecule has 1 aromatic carbocycles. The van der Waals surface area contributed by atoms with Crippen LogP contribution in [0.2, 0.25) is 0 Å². The van der Waals surface area contributed by atoms with Crippen molar-refractivity contribution in [2.45, 2.75) is 19.8 Å². The number of ether oxygens (including phenoxy) is 2. The molecule has 0 atom stereocenters. The molecular formula is C14H17NO4. The second-order valence-electron chi connectivity index (χ2n) is 4.20. The summed E-state index contributed by atoms with van der Waals surface area (Å²) in [5.74, 6) is 1.19. The highest BCUT2D eigenvalue weighted by Gasteiger charge is 2.28. The number of rotatable bonds is 6. The maximum Gasteiger partial charge on any atom is 0.229 e. The lowest BCUT2D eigenvalue weighted by Crippen LogP contribution is -2.33. The zero-order chi connectivity index (χ0) is 13.7. The summed E-state index contributed by atoms with van der Waals surface area (Å²) < 4.78 is 10.9. The summed E-state index contributed by atoms with van der Waals surface area (Å²) >= 11 is 0. The van der Waals surface area contributed by atoms with E-state index in [1.807, 2.05) is 25.1 Å². The van der Waals surface area contributed by atoms with Crippen molar-refractivity contribution in [1.82, 2.24) is 4.90 Å². The van der Waals surface area contributed by atoms with Gasteiger partial charge in [-0.15, -0.1) is 0 Å². The van der Waals surface area contributed by atoms with Crippen LogP contribution in [0.25, 0.3) is 0 Å². The Hall–Kier alpha value is -2.04. The molecule has 0 aromatic heterocycles. The van der Waals surface area contributed by atoms with Crippen LogP contribution in [0.1, 0.15) is 19.8 Å². The number of benzene rings is 1. The standard InChI is InChI=1S/C14H17NO4/c1-2-18-11-4-3-5-12(10-11)19-9-8-15-13(16)6-7-14(15)17/h3-5,10H,2,6-9H2,1H3. The second kappa shape index (κ2) is 6.22. The second-order valence-corrected chi connectivity index (χ2v) is 4.20. The Morgan fingerprint density at radius 2 is 1.74 bits per heavy atom. The molecule has 5 heteroatoms. The van der Waals surface area contributed by atoms with E-state index in [1.165, 1.54) is 4.90 Å². The highest BCUT2D eigenvalue weighted by Crippen LogP contribution is 2.19. The van der Waals surface area contributed by atoms with Gasteiger partial charge in [-0.2, -0.15) is 0 Å². The summed E-state index contributed by atoms with van der Waals surface area (Å²) in [6.07, 6.45) is 0.636. The van der Waals surface area contributed by atoms with Crippen molar-refractivity contribution in [1.29, 1.82) is 0 Å². The summed E-state index contributed by atoms with van der Waals surface area (Å²) in [7, 11) is 0. The highest BCUT2D eigenvalue weighted by molar-refractivity contribution is 6.01. The number of carbonyl (C=O) groups excluding carboxylic acids is 2. The molecule has 0 radical (unpaired) electrons. The largest absolute Gasteiger partial charge is 0.494 e. The van der Waals surface area contributed by atoms with Gasteiger partial charge in [0.15, 0.2) is 0 Å². The van der Waals surface area contributed by atoms with Gasteiger partial charge < -0.3 is 9.47 Å². The molecule has 0 bridgehead atoms. The summed E-state index contributed by atoms with van der Waals surface area (Å²) in [5, 5.41) is 0. The zero-order valence-corrected chi connectivity index (χ0v) is 10.9. The molecule has 5 nitrogen and oxygen atoms in total. The Labute approximate surface area is 112 Å². The molecule has 1 saturated heterocycles. The van der Waals surface area contributed by atoms with E-state index < -0.39 is 0 Å². The number of amides is 2. The Balaban J connectivity index is 1.83. The van der Waals surface area contributed by atoms with Crippen LogP contribution in [0.15, 0.2) is 24.3 Å². The van der Waals surface area contributed by atoms with Crippen LogP contribution in [0, 0.1) is 0 Å². The third-order valence-corrected chi connectivity index (χ3v) is 2.85. The van der Waals surface area contributed by atoms with Crippen molar-refractivity contribution in [3.05, 3.63) is 24.3 Å². The quantitative estimate of drug-likeness (QED) is 0.732. The molecule has 1 aliphatic heterocycles. The zero-order valence-electron chi connectivity index (χ0n) is 10.9. The maximum absolute atomic E-state index is 11.4. The summed E-state index contributed by atoms with van der Waals surface area (Å²) in [6.45, 7) is 3.11. The van der Waals surface area contributed by atoms with Gasteiger partial charge in [0.05, 0.1) is 13.2 Å². The third-order valence-electron chi connectivity index (χ3n) is 2.85. The minimum atomic E-state index is -0.114. The average Bonchev–Trinajstić information content (AvgIpc) is 2.71. The lowest BCUT2D eigenvalue weighted by Gasteiger charge is -2.14. The molecule has 2 amide bonds. The van der Waals surface area contributed by atoms with Crippen LogP contribution in [0.4, 0.5) is 0 Å². The maximum atomic E-state index is 11.4. The lowest BCUT2D eigenvalue weighted by molar-refractivity contribution is -0.138. The third kappa shape index (κ3) is 3.47. The molecule has 1 fully saturated rings. The fraction of sp³-hybridized carbons (Fsp3) is 0.429. The van der Waals surface area contributed by atoms with Crippen LogP contribution < -0.4 is 9.47 Å². The van der Waals surface area contributed by atoms with Crippen molar-refractivity contribution in [2.75, 3.05) is 19.8 Å². The lowest BCUT2D eigenvalue weighted by atomic mass is 10.3. The fourth-order valence-electron chi connectivity index (χ4n) is 1.95. The van der Waals surface area contributed by atoms with Crippen molar-refractivity contribution in [3.8, 4) is 11.5 Å². The Kier molecular flexibility index (Phi) is 4.39. The minimum Gasteiger partial charge on any atom is -0.494 e. The first kappa shape index (κ1) is 13.4. The van der Waals surface area contributed by atoms with Gasteiger partial charge in [0, 0.05) is 18.9 Å². The highest BCUT2D eigenvalue weighted by atomic mass is 16.5. The number of hydrogen-bond acceptors (Lipinski definition) is 4. The van der Waals surface area contributed by atoms with E-state index in [2.05, 4.69) is 0 Å². The molecule has 0 spiro atoms. The number of hydrogen-bond donors (Lipinski definition) is 0. The smallest absolute Gasteiger partial charge is 0.229 e. The van der Waals surface area contributed by atoms with E-state index in [1.54, 1.807) is 6.07 Å². The number of nitrogens with zero attached hydrogens (tertiary/aromatic N) is 1. The van der Waals surface area contributed by atoms with Gasteiger partial charge in [0.1, 0.15) is 18.1 Å². The monoisotopic (exact) mass is 263 g/mol. The predicted octanol–water partition coefficient (Wildman–Crippen LogP) is 1.61. The molecule has 1 aromatic rings. The fourth-order valence-corrected chi connectivity index (χ4v) is 1.95. The van der Waals surface area contributed by atoms with E-state index in [0.717, 1.165) is 5.75 Å². The van der Waals surface area contributed by atoms with E-state index in [-0.39, 0.29) is 11.8 Å². The molecule has 0 saturated carbocycles. The Morgan fingerprint density at radius 3 is 2.37 bits per heavy atom. The predicted molar refractivity (Wildman–Crippen MR) is 69.1 cm³/mol. The van der Waals surface area contributed by atoms with E-state index >= 15 is 0 Å². The van der Waals surface area contributed by atoms with Crippen LogP contribution in [0.5, 0.6) is 11.5 Å². The van der Waals surface area contributed by atoms with E-state index in [4.69, 9.17) is 9.47 Å². The van der Waals surface area contributed by atoms with Crippen molar-refractivity contribution >= 4 is 11.8 Å². The van der Waals surface area contributed by atoms with Gasteiger partial charge in [0.2, 0.25) is 11.8 Å². The first-order valence-corrected chi connectivity index (χ1v) is 6.39. The Morgan fingerprint density at radius 1 is 1.11 bits per heavy atom. The molecule has 1 heterocycles. The molecule has 102 valence electrons. The first-order valence-electron chi connectivity index (χ1n) is 6.39. The number of carbonyl (C=O) groups is 2. The van der Waals surface area contributed by atoms with Gasteiger partial charge in [-0.05, 0) is 19.1 Å². The van der Waals surface area contributed by atoms with Crippen LogP contribution in [-0.2, 0) is 9.59 Å². The molecule has 0 aliphatic carbocycles. The molecule has 2 rings (SSSR count). The van der Waals surface area contributed by atoms with E-state index in [0.29, 0.717) is 38.3 Å². The summed E-state index contributed by atoms with van der Waals surface area (Å²) in [5.41, 5.74) is 0. The normalized spacial score (nSPS) is 14.9. The molecule has 1 aliphatic rings. The number of imide groups is 1. The molecule has 0 unspecified atom stereocenters. The SMILES string of the molecule is CCOc1cccc(OCCN2C(=O)CCC2=O)c1.